The molecule has 0 unspecified atom stereocenters. The minimum absolute atomic E-state index is 0. The highest BCUT2D eigenvalue weighted by Gasteiger charge is 2.08. The molecule has 0 spiro atoms. The Balaban J connectivity index is 0.00000338. The molecule has 0 saturated heterocycles. The summed E-state index contributed by atoms with van der Waals surface area (Å²) < 4.78 is 5.28. The molecule has 142 valence electrons. The number of pyridine rings is 1. The number of aliphatic imine (C=N–C) groups is 1. The number of hydrogen-bond donors (Lipinski definition) is 3. The van der Waals surface area contributed by atoms with Crippen molar-refractivity contribution in [2.75, 3.05) is 18.4 Å². The molecule has 0 bridgehead atoms. The molecule has 1 amide bonds. The van der Waals surface area contributed by atoms with Crippen LogP contribution in [-0.2, 0) is 11.3 Å². The van der Waals surface area contributed by atoms with E-state index >= 15 is 0 Å². The van der Waals surface area contributed by atoms with Gasteiger partial charge in [-0.1, -0.05) is 19.0 Å². The summed E-state index contributed by atoms with van der Waals surface area (Å²) in [7, 11) is 0. The summed E-state index contributed by atoms with van der Waals surface area (Å²) >= 11 is 0. The van der Waals surface area contributed by atoms with Gasteiger partial charge in [0.25, 0.3) is 0 Å². The minimum Gasteiger partial charge on any atom is -0.359 e. The van der Waals surface area contributed by atoms with Gasteiger partial charge >= 0.3 is 0 Å². The average molecular weight is 472 g/mol. The van der Waals surface area contributed by atoms with Crippen LogP contribution in [0.5, 0.6) is 0 Å². The second-order valence-electron chi connectivity index (χ2n) is 5.71. The molecule has 0 radical (unpaired) electrons. The van der Waals surface area contributed by atoms with Gasteiger partial charge in [-0.25, -0.2) is 4.99 Å². The molecule has 2 aromatic heterocycles. The third-order valence-corrected chi connectivity index (χ3v) is 3.27. The maximum absolute atomic E-state index is 11.9. The van der Waals surface area contributed by atoms with Gasteiger partial charge < -0.3 is 20.5 Å². The number of rotatable bonds is 7. The maximum atomic E-state index is 11.9. The Morgan fingerprint density at radius 1 is 1.35 bits per heavy atom. The van der Waals surface area contributed by atoms with Crippen molar-refractivity contribution in [2.45, 2.75) is 33.2 Å². The van der Waals surface area contributed by atoms with Crippen LogP contribution in [0.4, 0.5) is 5.69 Å². The number of nitrogens with zero attached hydrogens (tertiary/aromatic N) is 3. The Labute approximate surface area is 170 Å². The lowest BCUT2D eigenvalue weighted by Crippen LogP contribution is -2.37. The molecular formula is C17H25IN6O2. The number of anilines is 1. The summed E-state index contributed by atoms with van der Waals surface area (Å²) in [5.41, 5.74) is 1.55. The molecule has 2 heterocycles. The lowest BCUT2D eigenvalue weighted by molar-refractivity contribution is -0.114. The van der Waals surface area contributed by atoms with Crippen LogP contribution in [0.25, 0.3) is 0 Å². The van der Waals surface area contributed by atoms with Gasteiger partial charge in [-0.3, -0.25) is 9.78 Å². The summed E-state index contributed by atoms with van der Waals surface area (Å²) in [6, 6.07) is 5.44. The van der Waals surface area contributed by atoms with E-state index in [-0.39, 0.29) is 36.4 Å². The number of carbonyl (C=O) groups excluding carboxylic acids is 1. The number of amides is 1. The van der Waals surface area contributed by atoms with Crippen molar-refractivity contribution in [2.24, 2.45) is 4.99 Å². The van der Waals surface area contributed by atoms with Gasteiger partial charge in [-0.15, -0.1) is 24.0 Å². The van der Waals surface area contributed by atoms with Gasteiger partial charge in [0.2, 0.25) is 5.91 Å². The second-order valence-corrected chi connectivity index (χ2v) is 5.71. The molecule has 0 aliphatic heterocycles. The Morgan fingerprint density at radius 3 is 2.77 bits per heavy atom. The first-order valence-electron chi connectivity index (χ1n) is 8.26. The predicted molar refractivity (Wildman–Crippen MR) is 112 cm³/mol. The van der Waals surface area contributed by atoms with E-state index in [1.165, 1.54) is 0 Å². The molecule has 2 rings (SSSR count). The van der Waals surface area contributed by atoms with Crippen molar-refractivity contribution in [3.63, 3.8) is 0 Å². The normalized spacial score (nSPS) is 11.0. The standard InChI is InChI=1S/C17H24N6O2.HI/c1-4-19-17(20-10-14-8-15(12(2)3)23-25-14)21-11-16(24)22-13-6-5-7-18-9-13;/h5-9,12H,4,10-11H2,1-3H3,(H,22,24)(H2,19,20,21);1H. The first-order chi connectivity index (χ1) is 12.1. The third kappa shape index (κ3) is 7.38. The SMILES string of the molecule is CCNC(=NCC(=O)Nc1cccnc1)NCc1cc(C(C)C)no1.I. The zero-order valence-electron chi connectivity index (χ0n) is 15.2. The minimum atomic E-state index is -0.216. The van der Waals surface area contributed by atoms with Crippen molar-refractivity contribution in [1.82, 2.24) is 20.8 Å². The van der Waals surface area contributed by atoms with Crippen molar-refractivity contribution in [1.29, 1.82) is 0 Å². The van der Waals surface area contributed by atoms with Crippen LogP contribution in [0.3, 0.4) is 0 Å². The van der Waals surface area contributed by atoms with Crippen molar-refractivity contribution < 1.29 is 9.32 Å². The van der Waals surface area contributed by atoms with Crippen molar-refractivity contribution in [3.8, 4) is 0 Å². The number of carbonyl (C=O) groups is 1. The number of halogens is 1. The van der Waals surface area contributed by atoms with Crippen LogP contribution in [-0.4, -0.2) is 35.1 Å². The number of guanidine groups is 1. The van der Waals surface area contributed by atoms with E-state index in [0.717, 1.165) is 5.69 Å². The summed E-state index contributed by atoms with van der Waals surface area (Å²) in [6.45, 7) is 7.19. The molecule has 0 aliphatic carbocycles. The summed E-state index contributed by atoms with van der Waals surface area (Å²) in [6.07, 6.45) is 3.23. The zero-order valence-corrected chi connectivity index (χ0v) is 17.5. The molecule has 3 N–H and O–H groups in total. The van der Waals surface area contributed by atoms with Gasteiger partial charge in [0.05, 0.1) is 24.1 Å². The fourth-order valence-corrected chi connectivity index (χ4v) is 1.99. The van der Waals surface area contributed by atoms with Crippen LogP contribution in [0, 0.1) is 0 Å². The largest absolute Gasteiger partial charge is 0.359 e. The highest BCUT2D eigenvalue weighted by atomic mass is 127. The maximum Gasteiger partial charge on any atom is 0.246 e. The van der Waals surface area contributed by atoms with Crippen LogP contribution in [0.2, 0.25) is 0 Å². The topological polar surface area (TPSA) is 104 Å². The Morgan fingerprint density at radius 2 is 2.15 bits per heavy atom. The van der Waals surface area contributed by atoms with E-state index in [2.05, 4.69) is 44.9 Å². The molecule has 0 fully saturated rings. The van der Waals surface area contributed by atoms with Crippen LogP contribution < -0.4 is 16.0 Å². The number of nitrogens with one attached hydrogen (secondary N) is 3. The molecule has 0 aliphatic rings. The van der Waals surface area contributed by atoms with Gasteiger partial charge in [0.15, 0.2) is 11.7 Å². The molecule has 0 aromatic carbocycles. The highest BCUT2D eigenvalue weighted by Crippen LogP contribution is 2.13. The lowest BCUT2D eigenvalue weighted by Gasteiger charge is -2.10. The lowest BCUT2D eigenvalue weighted by atomic mass is 10.1. The first-order valence-corrected chi connectivity index (χ1v) is 8.26. The van der Waals surface area contributed by atoms with Gasteiger partial charge in [0.1, 0.15) is 6.54 Å². The molecule has 9 heteroatoms. The summed E-state index contributed by atoms with van der Waals surface area (Å²) in [4.78, 5) is 20.2. The van der Waals surface area contributed by atoms with E-state index in [1.807, 2.05) is 13.0 Å². The fraction of sp³-hybridized carbons (Fsp3) is 0.412. The predicted octanol–water partition coefficient (Wildman–Crippen LogP) is 2.50. The van der Waals surface area contributed by atoms with Gasteiger partial charge in [-0.2, -0.15) is 0 Å². The average Bonchev–Trinajstić information content (AvgIpc) is 3.07. The Bertz CT molecular complexity index is 702. The Kier molecular flexibility index (Phi) is 9.63. The molecule has 0 saturated carbocycles. The van der Waals surface area contributed by atoms with Crippen LogP contribution in [0.15, 0.2) is 40.1 Å². The van der Waals surface area contributed by atoms with Crippen LogP contribution >= 0.6 is 24.0 Å². The van der Waals surface area contributed by atoms with E-state index in [4.69, 9.17) is 4.52 Å². The number of aromatic nitrogens is 2. The fourth-order valence-electron chi connectivity index (χ4n) is 1.99. The van der Waals surface area contributed by atoms with Gasteiger partial charge in [-0.05, 0) is 25.0 Å². The van der Waals surface area contributed by atoms with Crippen molar-refractivity contribution >= 4 is 41.5 Å². The first kappa shape index (κ1) is 21.9. The van der Waals surface area contributed by atoms with Crippen molar-refractivity contribution in [3.05, 3.63) is 42.0 Å². The van der Waals surface area contributed by atoms with E-state index in [0.29, 0.717) is 36.4 Å². The summed E-state index contributed by atoms with van der Waals surface area (Å²) in [5, 5.41) is 13.0. The molecule has 26 heavy (non-hydrogen) atoms. The van der Waals surface area contributed by atoms with Gasteiger partial charge in [0, 0.05) is 18.8 Å². The second kappa shape index (κ2) is 11.4. The molecular weight excluding hydrogens is 447 g/mol. The zero-order chi connectivity index (χ0) is 18.1. The Hall–Kier alpha value is -2.17. The summed E-state index contributed by atoms with van der Waals surface area (Å²) in [5.74, 6) is 1.35. The number of hydrogen-bond acceptors (Lipinski definition) is 5. The molecule has 2 aromatic rings. The quantitative estimate of drug-likeness (QED) is 0.325. The highest BCUT2D eigenvalue weighted by molar-refractivity contribution is 14.0. The van der Waals surface area contributed by atoms with E-state index < -0.39 is 0 Å². The third-order valence-electron chi connectivity index (χ3n) is 3.27. The van der Waals surface area contributed by atoms with E-state index in [1.54, 1.807) is 24.5 Å². The van der Waals surface area contributed by atoms with E-state index in [9.17, 15) is 4.79 Å². The smallest absolute Gasteiger partial charge is 0.246 e. The van der Waals surface area contributed by atoms with Crippen LogP contribution in [0.1, 0.15) is 38.1 Å². The molecule has 8 nitrogen and oxygen atoms in total. The monoisotopic (exact) mass is 472 g/mol. The molecule has 0 atom stereocenters.